The van der Waals surface area contributed by atoms with E-state index in [0.29, 0.717) is 35.5 Å². The lowest BCUT2D eigenvalue weighted by atomic mass is 9.64. The number of carbonyl (C=O) groups is 4. The van der Waals surface area contributed by atoms with E-state index in [1.807, 2.05) is 0 Å². The van der Waals surface area contributed by atoms with Gasteiger partial charge in [0.15, 0.2) is 0 Å². The van der Waals surface area contributed by atoms with E-state index in [4.69, 9.17) is 0 Å². The number of amides is 4. The van der Waals surface area contributed by atoms with Crippen LogP contribution >= 0.6 is 0 Å². The molecule has 5 aliphatic rings. The van der Waals surface area contributed by atoms with Gasteiger partial charge >= 0.3 is 0 Å². The largest absolute Gasteiger partial charge is 0.296 e. The van der Waals surface area contributed by atoms with Crippen molar-refractivity contribution in [2.45, 2.75) is 78.7 Å². The van der Waals surface area contributed by atoms with Crippen molar-refractivity contribution in [3.05, 3.63) is 0 Å². The predicted molar refractivity (Wildman–Crippen MR) is 119 cm³/mol. The molecule has 3 aliphatic carbocycles. The molecule has 0 bridgehead atoms. The molecule has 0 aromatic rings. The van der Waals surface area contributed by atoms with Crippen molar-refractivity contribution in [1.82, 2.24) is 10.2 Å². The molecular weight excluding hydrogens is 404 g/mol. The minimum atomic E-state index is -0.191. The van der Waals surface area contributed by atoms with Gasteiger partial charge in [-0.3, -0.25) is 29.4 Å². The SMILES string of the molecule is CC1CC(C)C(N2C(=O)C3CCC(C4CCC5C(=O)NC(=O)C5C4)CC3C2=O)C(C)C1C. The van der Waals surface area contributed by atoms with Crippen LogP contribution in [-0.4, -0.2) is 34.6 Å². The molecule has 0 aromatic carbocycles. The van der Waals surface area contributed by atoms with E-state index in [1.165, 1.54) is 0 Å². The second kappa shape index (κ2) is 7.95. The number of nitrogens with zero attached hydrogens (tertiary/aromatic N) is 1. The molecule has 32 heavy (non-hydrogen) atoms. The molecule has 0 aromatic heterocycles. The number of hydrogen-bond acceptors (Lipinski definition) is 4. The van der Waals surface area contributed by atoms with Crippen LogP contribution in [0.4, 0.5) is 0 Å². The van der Waals surface area contributed by atoms with Crippen molar-refractivity contribution >= 4 is 23.6 Å². The van der Waals surface area contributed by atoms with Gasteiger partial charge in [0.05, 0.1) is 17.8 Å². The summed E-state index contributed by atoms with van der Waals surface area (Å²) in [5.74, 6) is 1.78. The fourth-order valence-electron chi connectivity index (χ4n) is 8.28. The summed E-state index contributed by atoms with van der Waals surface area (Å²) in [6.07, 6.45) is 6.04. The Bertz CT molecular complexity index is 840. The van der Waals surface area contributed by atoms with E-state index in [1.54, 1.807) is 4.90 Å². The summed E-state index contributed by atoms with van der Waals surface area (Å²) >= 11 is 0. The molecule has 2 aliphatic heterocycles. The number of fused-ring (bicyclic) bond motifs is 2. The lowest BCUT2D eigenvalue weighted by Gasteiger charge is -2.46. The maximum Gasteiger partial charge on any atom is 0.233 e. The third-order valence-corrected chi connectivity index (χ3v) is 10.4. The number of rotatable bonds is 2. The van der Waals surface area contributed by atoms with E-state index in [9.17, 15) is 19.2 Å². The number of carbonyl (C=O) groups excluding carboxylic acids is 4. The van der Waals surface area contributed by atoms with Gasteiger partial charge < -0.3 is 0 Å². The van der Waals surface area contributed by atoms with E-state index in [-0.39, 0.29) is 53.3 Å². The molecule has 2 heterocycles. The van der Waals surface area contributed by atoms with Crippen LogP contribution in [0, 0.1) is 59.2 Å². The molecule has 11 atom stereocenters. The van der Waals surface area contributed by atoms with Crippen LogP contribution in [0.2, 0.25) is 0 Å². The smallest absolute Gasteiger partial charge is 0.233 e. The van der Waals surface area contributed by atoms with Crippen LogP contribution in [0.5, 0.6) is 0 Å². The van der Waals surface area contributed by atoms with Crippen LogP contribution in [0.25, 0.3) is 0 Å². The van der Waals surface area contributed by atoms with Gasteiger partial charge in [-0.1, -0.05) is 27.7 Å². The zero-order chi connectivity index (χ0) is 22.9. The molecule has 0 spiro atoms. The second-order valence-electron chi connectivity index (χ2n) is 11.9. The molecule has 6 heteroatoms. The van der Waals surface area contributed by atoms with Crippen LogP contribution in [-0.2, 0) is 19.2 Å². The van der Waals surface area contributed by atoms with Gasteiger partial charge in [0, 0.05) is 12.0 Å². The van der Waals surface area contributed by atoms with Gasteiger partial charge in [-0.2, -0.15) is 0 Å². The molecule has 0 radical (unpaired) electrons. The molecule has 11 unspecified atom stereocenters. The van der Waals surface area contributed by atoms with Crippen LogP contribution in [0.1, 0.15) is 72.6 Å². The van der Waals surface area contributed by atoms with E-state index >= 15 is 0 Å². The standard InChI is InChI=1S/C26H38N2O4/c1-12-9-13(2)22(15(4)14(12)3)28-25(31)19-8-6-17(11-21(19)26(28)32)16-5-7-18-20(10-16)24(30)27-23(18)29/h12-22H,5-11H2,1-4H3,(H,27,29,30). The van der Waals surface area contributed by atoms with Gasteiger partial charge in [0.1, 0.15) is 0 Å². The first-order chi connectivity index (χ1) is 15.2. The molecular formula is C26H38N2O4. The Kier molecular flexibility index (Phi) is 5.49. The highest BCUT2D eigenvalue weighted by molar-refractivity contribution is 6.06. The van der Waals surface area contributed by atoms with Crippen molar-refractivity contribution in [2.75, 3.05) is 0 Å². The predicted octanol–water partition coefficient (Wildman–Crippen LogP) is 3.39. The minimum Gasteiger partial charge on any atom is -0.296 e. The summed E-state index contributed by atoms with van der Waals surface area (Å²) in [4.78, 5) is 53.0. The van der Waals surface area contributed by atoms with Crippen molar-refractivity contribution in [2.24, 2.45) is 59.2 Å². The fraction of sp³-hybridized carbons (Fsp3) is 0.846. The Hall–Kier alpha value is -1.72. The van der Waals surface area contributed by atoms with Crippen molar-refractivity contribution < 1.29 is 19.2 Å². The lowest BCUT2D eigenvalue weighted by molar-refractivity contribution is -0.148. The van der Waals surface area contributed by atoms with E-state index in [2.05, 4.69) is 33.0 Å². The van der Waals surface area contributed by atoms with E-state index in [0.717, 1.165) is 44.9 Å². The van der Waals surface area contributed by atoms with Crippen molar-refractivity contribution in [1.29, 1.82) is 0 Å². The molecule has 6 nitrogen and oxygen atoms in total. The zero-order valence-electron chi connectivity index (χ0n) is 19.9. The molecule has 4 amide bonds. The summed E-state index contributed by atoms with van der Waals surface area (Å²) in [6, 6.07) is 0.0221. The highest BCUT2D eigenvalue weighted by Gasteiger charge is 2.56. The number of likely N-dealkylation sites (tertiary alicyclic amines) is 1. The molecule has 2 saturated heterocycles. The minimum absolute atomic E-state index is 0.0221. The molecule has 5 fully saturated rings. The average Bonchev–Trinajstić information content (AvgIpc) is 3.19. The summed E-state index contributed by atoms with van der Waals surface area (Å²) in [5.41, 5.74) is 0. The normalized spacial score (nSPS) is 49.1. The lowest BCUT2D eigenvalue weighted by Crippen LogP contribution is -2.53. The third-order valence-electron chi connectivity index (χ3n) is 10.4. The van der Waals surface area contributed by atoms with Crippen molar-refractivity contribution in [3.8, 4) is 0 Å². The zero-order valence-corrected chi connectivity index (χ0v) is 19.9. The number of imide groups is 2. The monoisotopic (exact) mass is 442 g/mol. The number of nitrogens with one attached hydrogen (secondary N) is 1. The van der Waals surface area contributed by atoms with Crippen molar-refractivity contribution in [3.63, 3.8) is 0 Å². The van der Waals surface area contributed by atoms with Gasteiger partial charge in [0.2, 0.25) is 23.6 Å². The summed E-state index contributed by atoms with van der Waals surface area (Å²) in [7, 11) is 0. The topological polar surface area (TPSA) is 83.6 Å². The maximum atomic E-state index is 13.6. The second-order valence-corrected chi connectivity index (χ2v) is 11.9. The highest BCUT2D eigenvalue weighted by Crippen LogP contribution is 2.51. The Labute approximate surface area is 191 Å². The van der Waals surface area contributed by atoms with Gasteiger partial charge in [0.25, 0.3) is 0 Å². The molecule has 3 saturated carbocycles. The quantitative estimate of drug-likeness (QED) is 0.665. The van der Waals surface area contributed by atoms with Crippen LogP contribution < -0.4 is 5.32 Å². The summed E-state index contributed by atoms with van der Waals surface area (Å²) in [5, 5.41) is 2.51. The first-order valence-electron chi connectivity index (χ1n) is 12.9. The van der Waals surface area contributed by atoms with Gasteiger partial charge in [-0.05, 0) is 80.5 Å². The molecule has 5 rings (SSSR count). The fourth-order valence-corrected chi connectivity index (χ4v) is 8.28. The molecule has 1 N–H and O–H groups in total. The Morgan fingerprint density at radius 3 is 1.88 bits per heavy atom. The number of hydrogen-bond donors (Lipinski definition) is 1. The first-order valence-corrected chi connectivity index (χ1v) is 12.9. The summed E-state index contributed by atoms with van der Waals surface area (Å²) in [6.45, 7) is 8.99. The average molecular weight is 443 g/mol. The first kappa shape index (κ1) is 22.1. The van der Waals surface area contributed by atoms with E-state index < -0.39 is 0 Å². The maximum absolute atomic E-state index is 13.6. The highest BCUT2D eigenvalue weighted by atomic mass is 16.2. The molecule has 176 valence electrons. The Morgan fingerprint density at radius 2 is 1.19 bits per heavy atom. The summed E-state index contributed by atoms with van der Waals surface area (Å²) < 4.78 is 0. The van der Waals surface area contributed by atoms with Gasteiger partial charge in [-0.25, -0.2) is 0 Å². The van der Waals surface area contributed by atoms with Gasteiger partial charge in [-0.15, -0.1) is 0 Å². The van der Waals surface area contributed by atoms with Crippen LogP contribution in [0.3, 0.4) is 0 Å². The third kappa shape index (κ3) is 3.27. The Morgan fingerprint density at radius 1 is 0.625 bits per heavy atom. The van der Waals surface area contributed by atoms with Crippen LogP contribution in [0.15, 0.2) is 0 Å². The Balaban J connectivity index is 1.30.